The van der Waals surface area contributed by atoms with E-state index in [2.05, 4.69) is 4.98 Å². The summed E-state index contributed by atoms with van der Waals surface area (Å²) in [6, 6.07) is 9.65. The number of hydrogen-bond donors (Lipinski definition) is 1. The van der Waals surface area contributed by atoms with E-state index in [0.29, 0.717) is 11.1 Å². The van der Waals surface area contributed by atoms with Crippen molar-refractivity contribution in [1.29, 1.82) is 0 Å². The number of thiophene rings is 1. The fraction of sp³-hybridized carbons (Fsp3) is 0.182. The second kappa shape index (κ2) is 9.23. The third-order valence-electron chi connectivity index (χ3n) is 4.23. The van der Waals surface area contributed by atoms with E-state index in [1.807, 2.05) is 18.4 Å². The zero-order valence-corrected chi connectivity index (χ0v) is 16.7. The van der Waals surface area contributed by atoms with Crippen LogP contribution in [0.3, 0.4) is 0 Å². The SMILES string of the molecule is Cc1cc(/C=C(\C(=O)OCc2cccc(C(F)(F)F)c2)C(O)c2cccnc2)cs1. The van der Waals surface area contributed by atoms with Gasteiger partial charge in [0.1, 0.15) is 12.7 Å². The summed E-state index contributed by atoms with van der Waals surface area (Å²) < 4.78 is 43.9. The van der Waals surface area contributed by atoms with E-state index in [1.165, 1.54) is 41.9 Å². The van der Waals surface area contributed by atoms with Gasteiger partial charge >= 0.3 is 12.1 Å². The number of halogens is 3. The minimum absolute atomic E-state index is 0.0345. The van der Waals surface area contributed by atoms with Gasteiger partial charge in [-0.1, -0.05) is 18.2 Å². The highest BCUT2D eigenvalue weighted by molar-refractivity contribution is 7.10. The Labute approximate surface area is 175 Å². The molecule has 1 atom stereocenters. The van der Waals surface area contributed by atoms with Crippen LogP contribution in [0.25, 0.3) is 6.08 Å². The highest BCUT2D eigenvalue weighted by atomic mass is 32.1. The molecule has 0 saturated heterocycles. The van der Waals surface area contributed by atoms with Gasteiger partial charge in [0.15, 0.2) is 0 Å². The van der Waals surface area contributed by atoms with Crippen LogP contribution >= 0.6 is 11.3 Å². The number of esters is 1. The number of carbonyl (C=O) groups excluding carboxylic acids is 1. The Balaban J connectivity index is 1.83. The largest absolute Gasteiger partial charge is 0.457 e. The topological polar surface area (TPSA) is 59.4 Å². The molecule has 0 spiro atoms. The molecule has 8 heteroatoms. The summed E-state index contributed by atoms with van der Waals surface area (Å²) in [5, 5.41) is 12.5. The maximum atomic E-state index is 12.9. The molecule has 1 N–H and O–H groups in total. The van der Waals surface area contributed by atoms with Gasteiger partial charge < -0.3 is 9.84 Å². The molecule has 1 aromatic carbocycles. The van der Waals surface area contributed by atoms with Crippen molar-refractivity contribution in [2.24, 2.45) is 0 Å². The average molecular weight is 433 g/mol. The van der Waals surface area contributed by atoms with Crippen LogP contribution in [-0.4, -0.2) is 16.1 Å². The van der Waals surface area contributed by atoms with Crippen LogP contribution in [0.5, 0.6) is 0 Å². The van der Waals surface area contributed by atoms with Gasteiger partial charge in [-0.25, -0.2) is 4.79 Å². The van der Waals surface area contributed by atoms with E-state index in [0.717, 1.165) is 17.0 Å². The molecule has 3 aromatic rings. The van der Waals surface area contributed by atoms with Crippen LogP contribution in [0.15, 0.2) is 65.8 Å². The summed E-state index contributed by atoms with van der Waals surface area (Å²) in [7, 11) is 0. The molecule has 0 aliphatic rings. The first-order chi connectivity index (χ1) is 14.2. The van der Waals surface area contributed by atoms with Gasteiger partial charge in [0.2, 0.25) is 0 Å². The first-order valence-electron chi connectivity index (χ1n) is 8.92. The first-order valence-corrected chi connectivity index (χ1v) is 9.80. The number of ether oxygens (including phenoxy) is 1. The second-order valence-corrected chi connectivity index (χ2v) is 7.67. The Hall–Kier alpha value is -2.97. The Morgan fingerprint density at radius 2 is 2.07 bits per heavy atom. The van der Waals surface area contributed by atoms with Crippen LogP contribution < -0.4 is 0 Å². The van der Waals surface area contributed by atoms with E-state index in [4.69, 9.17) is 4.74 Å². The van der Waals surface area contributed by atoms with E-state index in [9.17, 15) is 23.1 Å². The number of aliphatic hydroxyl groups is 1. The van der Waals surface area contributed by atoms with Gasteiger partial charge in [-0.3, -0.25) is 4.98 Å². The van der Waals surface area contributed by atoms with Crippen LogP contribution in [0.4, 0.5) is 13.2 Å². The van der Waals surface area contributed by atoms with Crippen LogP contribution in [0.2, 0.25) is 0 Å². The number of alkyl halides is 3. The van der Waals surface area contributed by atoms with Crippen LogP contribution in [0, 0.1) is 6.92 Å². The van der Waals surface area contributed by atoms with Gasteiger partial charge in [0.25, 0.3) is 0 Å². The minimum Gasteiger partial charge on any atom is -0.457 e. The molecule has 2 aromatic heterocycles. The van der Waals surface area contributed by atoms with Crippen LogP contribution in [-0.2, 0) is 22.3 Å². The van der Waals surface area contributed by atoms with Crippen molar-refractivity contribution in [3.8, 4) is 0 Å². The average Bonchev–Trinajstić information content (AvgIpc) is 3.15. The van der Waals surface area contributed by atoms with E-state index in [1.54, 1.807) is 12.1 Å². The standard InChI is InChI=1S/C22H18F3NO3S/c1-14-8-16(13-30-14)10-19(20(27)17-5-3-7-26-11-17)21(28)29-12-15-4-2-6-18(9-15)22(23,24)25/h2-11,13,20,27H,12H2,1H3/b19-10-. The number of aromatic nitrogens is 1. The second-order valence-electron chi connectivity index (χ2n) is 6.55. The predicted molar refractivity (Wildman–Crippen MR) is 107 cm³/mol. The van der Waals surface area contributed by atoms with Crippen LogP contribution in [0.1, 0.15) is 33.2 Å². The Morgan fingerprint density at radius 3 is 2.70 bits per heavy atom. The highest BCUT2D eigenvalue weighted by Crippen LogP contribution is 2.30. The summed E-state index contributed by atoms with van der Waals surface area (Å²) in [6.07, 6.45) is -1.31. The molecule has 2 heterocycles. The molecule has 3 rings (SSSR count). The maximum Gasteiger partial charge on any atom is 0.416 e. The highest BCUT2D eigenvalue weighted by Gasteiger charge is 2.30. The lowest BCUT2D eigenvalue weighted by Crippen LogP contribution is -2.15. The molecule has 0 aliphatic carbocycles. The molecule has 0 aliphatic heterocycles. The lowest BCUT2D eigenvalue weighted by Gasteiger charge is -2.15. The van der Waals surface area contributed by atoms with Crippen molar-refractivity contribution < 1.29 is 27.8 Å². The molecular formula is C22H18F3NO3S. The maximum absolute atomic E-state index is 12.9. The Morgan fingerprint density at radius 1 is 1.27 bits per heavy atom. The zero-order chi connectivity index (χ0) is 21.7. The first kappa shape index (κ1) is 21.7. The zero-order valence-electron chi connectivity index (χ0n) is 15.9. The summed E-state index contributed by atoms with van der Waals surface area (Å²) in [6.45, 7) is 1.55. The van der Waals surface area contributed by atoms with E-state index >= 15 is 0 Å². The molecule has 0 fully saturated rings. The molecule has 30 heavy (non-hydrogen) atoms. The molecule has 156 valence electrons. The summed E-state index contributed by atoms with van der Waals surface area (Å²) in [4.78, 5) is 17.7. The number of carbonyl (C=O) groups is 1. The van der Waals surface area contributed by atoms with Crippen molar-refractivity contribution in [1.82, 2.24) is 4.98 Å². The Kier molecular flexibility index (Phi) is 6.69. The lowest BCUT2D eigenvalue weighted by molar-refractivity contribution is -0.141. The van der Waals surface area contributed by atoms with E-state index < -0.39 is 23.8 Å². The fourth-order valence-electron chi connectivity index (χ4n) is 2.76. The monoisotopic (exact) mass is 433 g/mol. The number of aryl methyl sites for hydroxylation is 1. The number of aliphatic hydroxyl groups excluding tert-OH is 1. The molecule has 0 radical (unpaired) electrons. The quantitative estimate of drug-likeness (QED) is 0.422. The molecule has 1 unspecified atom stereocenters. The van der Waals surface area contributed by atoms with Gasteiger partial charge in [-0.05, 0) is 53.8 Å². The molecule has 4 nitrogen and oxygen atoms in total. The van der Waals surface area contributed by atoms with Crippen molar-refractivity contribution in [2.45, 2.75) is 25.8 Å². The fourth-order valence-corrected chi connectivity index (χ4v) is 3.42. The van der Waals surface area contributed by atoms with Gasteiger partial charge in [-0.15, -0.1) is 11.3 Å². The predicted octanol–water partition coefficient (Wildman–Crippen LogP) is 5.33. The number of pyridine rings is 1. The molecule has 0 bridgehead atoms. The molecule has 0 amide bonds. The minimum atomic E-state index is -4.49. The van der Waals surface area contributed by atoms with E-state index in [-0.39, 0.29) is 17.7 Å². The number of hydrogen-bond acceptors (Lipinski definition) is 5. The summed E-state index contributed by atoms with van der Waals surface area (Å²) >= 11 is 1.48. The smallest absolute Gasteiger partial charge is 0.416 e. The number of nitrogens with zero attached hydrogens (tertiary/aromatic N) is 1. The third kappa shape index (κ3) is 5.55. The third-order valence-corrected chi connectivity index (χ3v) is 5.11. The molecule has 0 saturated carbocycles. The van der Waals surface area contributed by atoms with Crippen molar-refractivity contribution in [2.75, 3.05) is 0 Å². The lowest BCUT2D eigenvalue weighted by atomic mass is 10.0. The van der Waals surface area contributed by atoms with Gasteiger partial charge in [-0.2, -0.15) is 13.2 Å². The van der Waals surface area contributed by atoms with Crippen molar-refractivity contribution >= 4 is 23.4 Å². The Bertz CT molecular complexity index is 1050. The summed E-state index contributed by atoms with van der Waals surface area (Å²) in [5.41, 5.74) is 0.446. The van der Waals surface area contributed by atoms with Gasteiger partial charge in [0, 0.05) is 22.8 Å². The van der Waals surface area contributed by atoms with Crippen molar-refractivity contribution in [3.63, 3.8) is 0 Å². The number of rotatable bonds is 6. The van der Waals surface area contributed by atoms with Crippen molar-refractivity contribution in [3.05, 3.63) is 92.9 Å². The molecular weight excluding hydrogens is 415 g/mol. The summed E-state index contributed by atoms with van der Waals surface area (Å²) in [5.74, 6) is -0.826. The normalized spacial score (nSPS) is 13.2. The van der Waals surface area contributed by atoms with Gasteiger partial charge in [0.05, 0.1) is 11.1 Å². The number of benzene rings is 1.